The molecular weight excluding hydrogens is 332 g/mol. The molecule has 136 valence electrons. The molecule has 2 rings (SSSR count). The highest BCUT2D eigenvalue weighted by molar-refractivity contribution is 5.77. The summed E-state index contributed by atoms with van der Waals surface area (Å²) in [5.74, 6) is 1.44. The fourth-order valence-corrected chi connectivity index (χ4v) is 2.17. The van der Waals surface area contributed by atoms with Crippen molar-refractivity contribution in [2.45, 2.75) is 6.92 Å². The largest absolute Gasteiger partial charge is 0.493 e. The fraction of sp³-hybridized carbons (Fsp3) is 0.300. The van der Waals surface area contributed by atoms with E-state index >= 15 is 0 Å². The van der Waals surface area contributed by atoms with Gasteiger partial charge in [0.2, 0.25) is 0 Å². The molecule has 1 amide bonds. The number of carbonyl (C=O) groups excluding carboxylic acids is 1. The summed E-state index contributed by atoms with van der Waals surface area (Å²) in [6.45, 7) is 2.73. The number of carbonyl (C=O) groups is 1. The van der Waals surface area contributed by atoms with Crippen LogP contribution in [0.4, 0.5) is 0 Å². The van der Waals surface area contributed by atoms with Crippen molar-refractivity contribution >= 4 is 5.91 Å². The third kappa shape index (κ3) is 5.42. The number of benzene rings is 2. The molecule has 0 fully saturated rings. The highest BCUT2D eigenvalue weighted by Crippen LogP contribution is 2.27. The Morgan fingerprint density at radius 3 is 2.50 bits per heavy atom. The standard InChI is InChI=1S/C20H22N2O4/c1-15-4-7-17(8-5-15)25-11-10-22(2)20(23)14-26-18-9-6-16(13-21)12-19(18)24-3/h4-9,12H,10-11,14H2,1-3H3. The fourth-order valence-electron chi connectivity index (χ4n) is 2.17. The summed E-state index contributed by atoms with van der Waals surface area (Å²) >= 11 is 0. The van der Waals surface area contributed by atoms with E-state index in [0.29, 0.717) is 30.2 Å². The van der Waals surface area contributed by atoms with Gasteiger partial charge < -0.3 is 19.1 Å². The van der Waals surface area contributed by atoms with Crippen molar-refractivity contribution in [3.05, 3.63) is 53.6 Å². The molecule has 0 aliphatic carbocycles. The summed E-state index contributed by atoms with van der Waals surface area (Å²) in [4.78, 5) is 13.7. The Morgan fingerprint density at radius 2 is 1.85 bits per heavy atom. The topological polar surface area (TPSA) is 71.8 Å². The average molecular weight is 354 g/mol. The predicted molar refractivity (Wildman–Crippen MR) is 97.5 cm³/mol. The predicted octanol–water partition coefficient (Wildman–Crippen LogP) is 2.79. The number of nitrogens with zero attached hydrogens (tertiary/aromatic N) is 2. The molecule has 0 saturated heterocycles. The minimum absolute atomic E-state index is 0.122. The van der Waals surface area contributed by atoms with Crippen LogP contribution >= 0.6 is 0 Å². The van der Waals surface area contributed by atoms with Crippen LogP contribution in [0.25, 0.3) is 0 Å². The quantitative estimate of drug-likeness (QED) is 0.729. The van der Waals surface area contributed by atoms with Crippen LogP contribution in [0.15, 0.2) is 42.5 Å². The lowest BCUT2D eigenvalue weighted by Crippen LogP contribution is -2.34. The number of methoxy groups -OCH3 is 1. The number of aryl methyl sites for hydroxylation is 1. The van der Waals surface area contributed by atoms with Crippen molar-refractivity contribution < 1.29 is 19.0 Å². The Hall–Kier alpha value is -3.20. The molecule has 0 unspecified atom stereocenters. The highest BCUT2D eigenvalue weighted by atomic mass is 16.5. The average Bonchev–Trinajstić information content (AvgIpc) is 2.67. The van der Waals surface area contributed by atoms with E-state index < -0.39 is 0 Å². The maximum Gasteiger partial charge on any atom is 0.260 e. The van der Waals surface area contributed by atoms with E-state index in [9.17, 15) is 4.79 Å². The van der Waals surface area contributed by atoms with Crippen LogP contribution in [0, 0.1) is 18.3 Å². The Bertz CT molecular complexity index is 781. The summed E-state index contributed by atoms with van der Waals surface area (Å²) in [6, 6.07) is 14.6. The van der Waals surface area contributed by atoms with Gasteiger partial charge in [-0.25, -0.2) is 0 Å². The number of hydrogen-bond donors (Lipinski definition) is 0. The summed E-state index contributed by atoms with van der Waals surface area (Å²) in [5, 5.41) is 8.90. The molecule has 0 heterocycles. The van der Waals surface area contributed by atoms with Gasteiger partial charge in [-0.1, -0.05) is 17.7 Å². The van der Waals surface area contributed by atoms with Crippen LogP contribution in [-0.4, -0.2) is 44.7 Å². The summed E-state index contributed by atoms with van der Waals surface area (Å²) < 4.78 is 16.3. The van der Waals surface area contributed by atoms with Gasteiger partial charge in [0.05, 0.1) is 25.3 Å². The van der Waals surface area contributed by atoms with E-state index in [1.807, 2.05) is 37.3 Å². The van der Waals surface area contributed by atoms with Gasteiger partial charge in [0.15, 0.2) is 18.1 Å². The molecule has 6 heteroatoms. The van der Waals surface area contributed by atoms with E-state index in [-0.39, 0.29) is 12.5 Å². The number of nitriles is 1. The molecule has 6 nitrogen and oxygen atoms in total. The maximum atomic E-state index is 12.2. The molecule has 0 atom stereocenters. The SMILES string of the molecule is COc1cc(C#N)ccc1OCC(=O)N(C)CCOc1ccc(C)cc1. The monoisotopic (exact) mass is 354 g/mol. The zero-order valence-corrected chi connectivity index (χ0v) is 15.2. The van der Waals surface area contributed by atoms with Gasteiger partial charge in [0.1, 0.15) is 12.4 Å². The lowest BCUT2D eigenvalue weighted by atomic mass is 10.2. The van der Waals surface area contributed by atoms with Crippen LogP contribution < -0.4 is 14.2 Å². The third-order valence-corrected chi connectivity index (χ3v) is 3.79. The second-order valence-electron chi connectivity index (χ2n) is 5.74. The van der Waals surface area contributed by atoms with Gasteiger partial charge in [0, 0.05) is 13.1 Å². The molecule has 0 saturated carbocycles. The van der Waals surface area contributed by atoms with Gasteiger partial charge in [0.25, 0.3) is 5.91 Å². The molecule has 0 bridgehead atoms. The molecule has 0 spiro atoms. The third-order valence-electron chi connectivity index (χ3n) is 3.79. The molecule has 26 heavy (non-hydrogen) atoms. The first kappa shape index (κ1) is 19.1. The lowest BCUT2D eigenvalue weighted by Gasteiger charge is -2.18. The van der Waals surface area contributed by atoms with Crippen molar-refractivity contribution in [3.8, 4) is 23.3 Å². The Morgan fingerprint density at radius 1 is 1.12 bits per heavy atom. The molecular formula is C20H22N2O4. The van der Waals surface area contributed by atoms with Crippen molar-refractivity contribution in [2.75, 3.05) is 33.9 Å². The summed E-state index contributed by atoms with van der Waals surface area (Å²) in [7, 11) is 3.18. The van der Waals surface area contributed by atoms with Crippen molar-refractivity contribution in [1.82, 2.24) is 4.90 Å². The van der Waals surface area contributed by atoms with E-state index in [0.717, 1.165) is 5.75 Å². The summed E-state index contributed by atoms with van der Waals surface area (Å²) in [6.07, 6.45) is 0. The number of ether oxygens (including phenoxy) is 3. The molecule has 0 aromatic heterocycles. The van der Waals surface area contributed by atoms with Gasteiger partial charge in [-0.2, -0.15) is 5.26 Å². The van der Waals surface area contributed by atoms with Crippen LogP contribution in [0.5, 0.6) is 17.2 Å². The first-order valence-corrected chi connectivity index (χ1v) is 8.18. The zero-order valence-electron chi connectivity index (χ0n) is 15.2. The van der Waals surface area contributed by atoms with Crippen LogP contribution in [0.2, 0.25) is 0 Å². The second-order valence-corrected chi connectivity index (χ2v) is 5.74. The van der Waals surface area contributed by atoms with Gasteiger partial charge in [-0.15, -0.1) is 0 Å². The van der Waals surface area contributed by atoms with E-state index in [4.69, 9.17) is 19.5 Å². The summed E-state index contributed by atoms with van der Waals surface area (Å²) in [5.41, 5.74) is 1.63. The number of likely N-dealkylation sites (N-methyl/N-ethyl adjacent to an activating group) is 1. The normalized spacial score (nSPS) is 9.92. The molecule has 0 radical (unpaired) electrons. The maximum absolute atomic E-state index is 12.2. The number of rotatable bonds is 8. The lowest BCUT2D eigenvalue weighted by molar-refractivity contribution is -0.132. The Kier molecular flexibility index (Phi) is 6.86. The molecule has 0 N–H and O–H groups in total. The minimum atomic E-state index is -0.177. The Labute approximate surface area is 153 Å². The van der Waals surface area contributed by atoms with Gasteiger partial charge >= 0.3 is 0 Å². The van der Waals surface area contributed by atoms with Gasteiger partial charge in [-0.05, 0) is 31.2 Å². The van der Waals surface area contributed by atoms with E-state index in [2.05, 4.69) is 0 Å². The van der Waals surface area contributed by atoms with Crippen molar-refractivity contribution in [3.63, 3.8) is 0 Å². The Balaban J connectivity index is 1.80. The van der Waals surface area contributed by atoms with Crippen molar-refractivity contribution in [1.29, 1.82) is 5.26 Å². The van der Waals surface area contributed by atoms with Crippen LogP contribution in [0.3, 0.4) is 0 Å². The van der Waals surface area contributed by atoms with E-state index in [1.165, 1.54) is 12.7 Å². The zero-order chi connectivity index (χ0) is 18.9. The smallest absolute Gasteiger partial charge is 0.260 e. The molecule has 0 aliphatic rings. The van der Waals surface area contributed by atoms with E-state index in [1.54, 1.807) is 30.1 Å². The number of amides is 1. The van der Waals surface area contributed by atoms with Gasteiger partial charge in [-0.3, -0.25) is 4.79 Å². The first-order chi connectivity index (χ1) is 12.5. The van der Waals surface area contributed by atoms with Crippen LogP contribution in [-0.2, 0) is 4.79 Å². The van der Waals surface area contributed by atoms with Crippen LogP contribution in [0.1, 0.15) is 11.1 Å². The molecule has 2 aromatic rings. The second kappa shape index (κ2) is 9.33. The van der Waals surface area contributed by atoms with Crippen molar-refractivity contribution in [2.24, 2.45) is 0 Å². The molecule has 2 aromatic carbocycles. The number of hydrogen-bond acceptors (Lipinski definition) is 5. The minimum Gasteiger partial charge on any atom is -0.493 e. The first-order valence-electron chi connectivity index (χ1n) is 8.18. The highest BCUT2D eigenvalue weighted by Gasteiger charge is 2.12. The molecule has 0 aliphatic heterocycles.